The molecule has 0 unspecified atom stereocenters. The Bertz CT molecular complexity index is 1280. The standard InChI is InChI=1S/C26H17Cl2NO2S2/c27-20-10-6-17(7-11-20)22(24-25(31)29-26(32)33-24)14-19(16-4-2-1-3-5-16)15-23(30)18-8-12-21(28)13-9-18/h1-14H,15H2,(H,29,31,32). The van der Waals surface area contributed by atoms with E-state index in [0.717, 1.165) is 16.7 Å². The van der Waals surface area contributed by atoms with Gasteiger partial charge in [-0.05, 0) is 59.2 Å². The van der Waals surface area contributed by atoms with Gasteiger partial charge in [0.1, 0.15) is 4.32 Å². The average molecular weight is 510 g/mol. The van der Waals surface area contributed by atoms with Crippen molar-refractivity contribution in [1.82, 2.24) is 5.32 Å². The first-order valence-electron chi connectivity index (χ1n) is 9.99. The first kappa shape index (κ1) is 23.5. The second-order valence-corrected chi connectivity index (χ2v) is 9.80. The minimum atomic E-state index is -0.261. The van der Waals surface area contributed by atoms with Gasteiger partial charge < -0.3 is 5.32 Å². The first-order valence-corrected chi connectivity index (χ1v) is 12.0. The molecule has 0 saturated carbocycles. The highest BCUT2D eigenvalue weighted by atomic mass is 35.5. The number of hydrogen-bond acceptors (Lipinski definition) is 4. The summed E-state index contributed by atoms with van der Waals surface area (Å²) in [5.41, 5.74) is 3.71. The molecular formula is C26H17Cl2NO2S2. The van der Waals surface area contributed by atoms with Gasteiger partial charge in [0.25, 0.3) is 5.91 Å². The summed E-state index contributed by atoms with van der Waals surface area (Å²) in [4.78, 5) is 26.2. The Morgan fingerprint density at radius 2 is 1.42 bits per heavy atom. The summed E-state index contributed by atoms with van der Waals surface area (Å²) in [7, 11) is 0. The predicted molar refractivity (Wildman–Crippen MR) is 142 cm³/mol. The lowest BCUT2D eigenvalue weighted by Crippen LogP contribution is -2.18. The first-order chi connectivity index (χ1) is 15.9. The summed E-state index contributed by atoms with van der Waals surface area (Å²) in [6, 6.07) is 23.7. The molecule has 1 amide bonds. The van der Waals surface area contributed by atoms with Crippen molar-refractivity contribution < 1.29 is 9.59 Å². The third-order valence-corrected chi connectivity index (χ3v) is 6.75. The number of rotatable bonds is 6. The van der Waals surface area contributed by atoms with Gasteiger partial charge in [0.05, 0.1) is 4.91 Å². The van der Waals surface area contributed by atoms with Crippen LogP contribution in [0.15, 0.2) is 89.8 Å². The zero-order valence-corrected chi connectivity index (χ0v) is 20.3. The molecule has 3 nitrogen and oxygen atoms in total. The van der Waals surface area contributed by atoms with Crippen LogP contribution in [0.4, 0.5) is 0 Å². The fourth-order valence-corrected chi connectivity index (χ4v) is 4.73. The van der Waals surface area contributed by atoms with Crippen LogP contribution in [-0.2, 0) is 4.79 Å². The molecule has 7 heteroatoms. The molecule has 0 atom stereocenters. The molecule has 1 heterocycles. The van der Waals surface area contributed by atoms with E-state index in [4.69, 9.17) is 35.4 Å². The lowest BCUT2D eigenvalue weighted by atomic mass is 9.93. The Morgan fingerprint density at radius 3 is 1.97 bits per heavy atom. The van der Waals surface area contributed by atoms with E-state index in [1.165, 1.54) is 11.8 Å². The zero-order chi connectivity index (χ0) is 23.4. The SMILES string of the molecule is O=C1NC(=S)SC1=C(C=C(CC(=O)c1ccc(Cl)cc1)c1ccccc1)c1ccc(Cl)cc1. The topological polar surface area (TPSA) is 46.2 Å². The van der Waals surface area contributed by atoms with Crippen LogP contribution < -0.4 is 5.32 Å². The summed E-state index contributed by atoms with van der Waals surface area (Å²) in [6.07, 6.45) is 2.04. The van der Waals surface area contributed by atoms with E-state index in [0.29, 0.717) is 30.4 Å². The molecule has 3 aromatic carbocycles. The maximum Gasteiger partial charge on any atom is 0.264 e. The molecule has 1 saturated heterocycles. The number of thiocarbonyl (C=S) groups is 1. The molecule has 0 spiro atoms. The van der Waals surface area contributed by atoms with Crippen LogP contribution in [0.3, 0.4) is 0 Å². The average Bonchev–Trinajstić information content (AvgIpc) is 3.15. The van der Waals surface area contributed by atoms with E-state index >= 15 is 0 Å². The van der Waals surface area contributed by atoms with Gasteiger partial charge in [0, 0.05) is 27.6 Å². The summed E-state index contributed by atoms with van der Waals surface area (Å²) in [6.45, 7) is 0. The molecule has 1 N–H and O–H groups in total. The molecule has 33 heavy (non-hydrogen) atoms. The quantitative estimate of drug-likeness (QED) is 0.216. The number of carbonyl (C=O) groups is 2. The van der Waals surface area contributed by atoms with E-state index < -0.39 is 0 Å². The van der Waals surface area contributed by atoms with Crippen molar-refractivity contribution in [3.63, 3.8) is 0 Å². The van der Waals surface area contributed by atoms with E-state index in [1.807, 2.05) is 48.5 Å². The van der Waals surface area contributed by atoms with Gasteiger partial charge in [0.15, 0.2) is 5.78 Å². The Balaban J connectivity index is 1.83. The van der Waals surface area contributed by atoms with Crippen LogP contribution in [-0.4, -0.2) is 16.0 Å². The second-order valence-electron chi connectivity index (χ2n) is 7.24. The van der Waals surface area contributed by atoms with Gasteiger partial charge in [-0.1, -0.05) is 89.6 Å². The Morgan fingerprint density at radius 1 is 0.848 bits per heavy atom. The largest absolute Gasteiger partial charge is 0.307 e. The molecule has 0 aromatic heterocycles. The van der Waals surface area contributed by atoms with Gasteiger partial charge in [-0.2, -0.15) is 0 Å². The van der Waals surface area contributed by atoms with E-state index in [-0.39, 0.29) is 18.1 Å². The number of ketones is 1. The maximum atomic E-state index is 13.1. The van der Waals surface area contributed by atoms with Crippen molar-refractivity contribution >= 4 is 74.3 Å². The number of carbonyl (C=O) groups excluding carboxylic acids is 2. The van der Waals surface area contributed by atoms with Crippen molar-refractivity contribution in [3.8, 4) is 0 Å². The number of thioether (sulfide) groups is 1. The van der Waals surface area contributed by atoms with Gasteiger partial charge in [-0.15, -0.1) is 0 Å². The van der Waals surface area contributed by atoms with Gasteiger partial charge in [0.2, 0.25) is 0 Å². The highest BCUT2D eigenvalue weighted by molar-refractivity contribution is 8.26. The summed E-state index contributed by atoms with van der Waals surface area (Å²) >= 11 is 18.5. The Labute approximate surface area is 211 Å². The lowest BCUT2D eigenvalue weighted by molar-refractivity contribution is -0.115. The van der Waals surface area contributed by atoms with Crippen molar-refractivity contribution in [2.75, 3.05) is 0 Å². The van der Waals surface area contributed by atoms with Crippen molar-refractivity contribution in [3.05, 3.63) is 117 Å². The predicted octanol–water partition coefficient (Wildman–Crippen LogP) is 7.21. The number of halogens is 2. The fraction of sp³-hybridized carbons (Fsp3) is 0.0385. The van der Waals surface area contributed by atoms with Gasteiger partial charge >= 0.3 is 0 Å². The monoisotopic (exact) mass is 509 g/mol. The molecule has 0 aliphatic carbocycles. The van der Waals surface area contributed by atoms with Crippen LogP contribution in [0.1, 0.15) is 27.9 Å². The molecule has 1 aliphatic heterocycles. The third-order valence-electron chi connectivity index (χ3n) is 5.00. The van der Waals surface area contributed by atoms with E-state index in [1.54, 1.807) is 36.4 Å². The van der Waals surface area contributed by atoms with Crippen molar-refractivity contribution in [2.45, 2.75) is 6.42 Å². The van der Waals surface area contributed by atoms with E-state index in [9.17, 15) is 9.59 Å². The smallest absolute Gasteiger partial charge is 0.264 e. The number of Topliss-reactive ketones (excluding diaryl/α,β-unsaturated/α-hetero) is 1. The van der Waals surface area contributed by atoms with Gasteiger partial charge in [-0.3, -0.25) is 9.59 Å². The molecule has 0 radical (unpaired) electrons. The third kappa shape index (κ3) is 5.81. The second kappa shape index (κ2) is 10.5. The summed E-state index contributed by atoms with van der Waals surface area (Å²) in [5.74, 6) is -0.316. The highest BCUT2D eigenvalue weighted by Gasteiger charge is 2.26. The summed E-state index contributed by atoms with van der Waals surface area (Å²) < 4.78 is 0.397. The lowest BCUT2D eigenvalue weighted by Gasteiger charge is -2.12. The number of benzene rings is 3. The minimum Gasteiger partial charge on any atom is -0.307 e. The van der Waals surface area contributed by atoms with Crippen LogP contribution >= 0.6 is 47.2 Å². The molecular weight excluding hydrogens is 493 g/mol. The highest BCUT2D eigenvalue weighted by Crippen LogP contribution is 2.36. The molecule has 3 aromatic rings. The van der Waals surface area contributed by atoms with Crippen LogP contribution in [0, 0.1) is 0 Å². The van der Waals surface area contributed by atoms with Crippen LogP contribution in [0.25, 0.3) is 11.1 Å². The Hall–Kier alpha value is -2.70. The minimum absolute atomic E-state index is 0.0544. The molecule has 4 rings (SSSR count). The molecule has 164 valence electrons. The summed E-state index contributed by atoms with van der Waals surface area (Å²) in [5, 5.41) is 3.84. The zero-order valence-electron chi connectivity index (χ0n) is 17.2. The number of nitrogens with one attached hydrogen (secondary N) is 1. The number of amides is 1. The molecule has 1 fully saturated rings. The normalized spacial score (nSPS) is 15.4. The van der Waals surface area contributed by atoms with Crippen molar-refractivity contribution in [2.24, 2.45) is 0 Å². The van der Waals surface area contributed by atoms with Crippen LogP contribution in [0.5, 0.6) is 0 Å². The fourth-order valence-electron chi connectivity index (χ4n) is 3.37. The number of allylic oxidation sites excluding steroid dienone is 3. The maximum absolute atomic E-state index is 13.1. The Kier molecular flexibility index (Phi) is 7.46. The molecule has 0 bridgehead atoms. The molecule has 1 aliphatic rings. The van der Waals surface area contributed by atoms with Crippen LogP contribution in [0.2, 0.25) is 10.0 Å². The van der Waals surface area contributed by atoms with E-state index in [2.05, 4.69) is 5.32 Å². The number of hydrogen-bond donors (Lipinski definition) is 1. The van der Waals surface area contributed by atoms with Gasteiger partial charge in [-0.25, -0.2) is 0 Å². The van der Waals surface area contributed by atoms with Crippen molar-refractivity contribution in [1.29, 1.82) is 0 Å².